The summed E-state index contributed by atoms with van der Waals surface area (Å²) in [6.07, 6.45) is 9.24. The Morgan fingerprint density at radius 3 is 2.93 bits per heavy atom. The Morgan fingerprint density at radius 1 is 1.53 bits per heavy atom. The molecule has 0 aromatic carbocycles. The van der Waals surface area contributed by atoms with Crippen LogP contribution in [-0.2, 0) is 0 Å². The lowest BCUT2D eigenvalue weighted by Crippen LogP contribution is -2.17. The number of aromatic nitrogens is 2. The van der Waals surface area contributed by atoms with Crippen LogP contribution in [0.5, 0.6) is 0 Å². The molecule has 1 heterocycles. The largest absolute Gasteiger partial charge is 0.269 e. The Hall–Kier alpha value is -0.500. The minimum absolute atomic E-state index is 0.0692. The molecule has 15 heavy (non-hydrogen) atoms. The van der Waals surface area contributed by atoms with Crippen LogP contribution in [0.15, 0.2) is 12.4 Å². The Balaban J connectivity index is 2.08. The summed E-state index contributed by atoms with van der Waals surface area (Å²) in [4.78, 5) is 0. The number of rotatable bonds is 2. The summed E-state index contributed by atoms with van der Waals surface area (Å²) in [5.74, 6) is 0.838. The van der Waals surface area contributed by atoms with Gasteiger partial charge in [0.15, 0.2) is 0 Å². The van der Waals surface area contributed by atoms with E-state index in [4.69, 9.17) is 11.6 Å². The molecule has 0 N–H and O–H groups in total. The average Bonchev–Trinajstić information content (AvgIpc) is 2.66. The fraction of sp³-hybridized carbons (Fsp3) is 0.750. The van der Waals surface area contributed by atoms with Gasteiger partial charge in [-0.15, -0.1) is 11.6 Å². The highest BCUT2D eigenvalue weighted by Gasteiger charge is 2.21. The van der Waals surface area contributed by atoms with Gasteiger partial charge in [0.2, 0.25) is 0 Å². The minimum atomic E-state index is 0.0692. The van der Waals surface area contributed by atoms with Gasteiger partial charge in [0.1, 0.15) is 0 Å². The van der Waals surface area contributed by atoms with Crippen molar-refractivity contribution in [3.05, 3.63) is 18.0 Å². The molecule has 1 aliphatic rings. The van der Waals surface area contributed by atoms with Gasteiger partial charge in [-0.1, -0.05) is 19.8 Å². The maximum absolute atomic E-state index is 6.03. The van der Waals surface area contributed by atoms with Crippen LogP contribution in [0.4, 0.5) is 0 Å². The molecule has 1 aliphatic carbocycles. The zero-order valence-corrected chi connectivity index (χ0v) is 10.2. The zero-order valence-electron chi connectivity index (χ0n) is 9.49. The molecule has 3 unspecified atom stereocenters. The smallest absolute Gasteiger partial charge is 0.0588 e. The normalized spacial score (nSPS) is 29.0. The van der Waals surface area contributed by atoms with Gasteiger partial charge in [-0.25, -0.2) is 0 Å². The summed E-state index contributed by atoms with van der Waals surface area (Å²) in [5, 5.41) is 4.50. The van der Waals surface area contributed by atoms with Gasteiger partial charge in [-0.05, 0) is 25.7 Å². The van der Waals surface area contributed by atoms with Crippen molar-refractivity contribution in [2.45, 2.75) is 50.9 Å². The Kier molecular flexibility index (Phi) is 3.35. The second-order valence-electron chi connectivity index (χ2n) is 4.80. The van der Waals surface area contributed by atoms with E-state index < -0.39 is 0 Å². The van der Waals surface area contributed by atoms with Crippen molar-refractivity contribution in [2.75, 3.05) is 0 Å². The molecule has 1 saturated carbocycles. The van der Waals surface area contributed by atoms with E-state index in [-0.39, 0.29) is 5.38 Å². The Labute approximate surface area is 96.6 Å². The fourth-order valence-corrected chi connectivity index (χ4v) is 2.51. The van der Waals surface area contributed by atoms with Crippen molar-refractivity contribution in [1.82, 2.24) is 9.78 Å². The summed E-state index contributed by atoms with van der Waals surface area (Å²) in [6.45, 7) is 4.33. The van der Waals surface area contributed by atoms with Gasteiger partial charge in [0.05, 0.1) is 17.6 Å². The van der Waals surface area contributed by atoms with Gasteiger partial charge in [0.25, 0.3) is 0 Å². The monoisotopic (exact) mass is 226 g/mol. The van der Waals surface area contributed by atoms with Crippen molar-refractivity contribution in [1.29, 1.82) is 0 Å². The molecular formula is C12H19ClN2. The van der Waals surface area contributed by atoms with Crippen LogP contribution >= 0.6 is 11.6 Å². The van der Waals surface area contributed by atoms with Gasteiger partial charge in [0, 0.05) is 11.8 Å². The number of nitrogens with zero attached hydrogens (tertiary/aromatic N) is 2. The van der Waals surface area contributed by atoms with Crippen LogP contribution in [0.2, 0.25) is 0 Å². The molecule has 0 aliphatic heterocycles. The second-order valence-corrected chi connectivity index (χ2v) is 5.45. The zero-order chi connectivity index (χ0) is 10.8. The van der Waals surface area contributed by atoms with Crippen molar-refractivity contribution >= 4 is 11.6 Å². The first-order valence-electron chi connectivity index (χ1n) is 5.85. The Bertz CT molecular complexity index is 319. The predicted molar refractivity (Wildman–Crippen MR) is 63.2 cm³/mol. The molecule has 0 saturated heterocycles. The van der Waals surface area contributed by atoms with Crippen molar-refractivity contribution < 1.29 is 0 Å². The van der Waals surface area contributed by atoms with E-state index in [0.29, 0.717) is 6.04 Å². The molecule has 1 aromatic heterocycles. The summed E-state index contributed by atoms with van der Waals surface area (Å²) >= 11 is 6.03. The lowest BCUT2D eigenvalue weighted by atomic mass is 9.87. The molecule has 1 aromatic rings. The third kappa shape index (κ3) is 2.54. The van der Waals surface area contributed by atoms with Crippen LogP contribution in [0.1, 0.15) is 56.5 Å². The first-order valence-corrected chi connectivity index (χ1v) is 6.28. The van der Waals surface area contributed by atoms with Crippen LogP contribution < -0.4 is 0 Å². The number of hydrogen-bond donors (Lipinski definition) is 0. The van der Waals surface area contributed by atoms with Crippen LogP contribution in [-0.4, -0.2) is 9.78 Å². The lowest BCUT2D eigenvalue weighted by Gasteiger charge is -2.26. The number of hydrogen-bond acceptors (Lipinski definition) is 1. The molecule has 2 rings (SSSR count). The van der Waals surface area contributed by atoms with Gasteiger partial charge >= 0.3 is 0 Å². The van der Waals surface area contributed by atoms with E-state index >= 15 is 0 Å². The van der Waals surface area contributed by atoms with Crippen molar-refractivity contribution in [2.24, 2.45) is 5.92 Å². The maximum Gasteiger partial charge on any atom is 0.0588 e. The summed E-state index contributed by atoms with van der Waals surface area (Å²) in [7, 11) is 0. The molecule has 0 radical (unpaired) electrons. The molecule has 0 bridgehead atoms. The van der Waals surface area contributed by atoms with Gasteiger partial charge in [-0.2, -0.15) is 5.10 Å². The number of alkyl halides is 1. The first kappa shape index (κ1) is 11.0. The average molecular weight is 227 g/mol. The van der Waals surface area contributed by atoms with Gasteiger partial charge in [-0.3, -0.25) is 4.68 Å². The molecule has 0 spiro atoms. The molecule has 84 valence electrons. The van der Waals surface area contributed by atoms with E-state index in [0.717, 1.165) is 11.5 Å². The van der Waals surface area contributed by atoms with E-state index in [1.165, 1.54) is 25.7 Å². The highest BCUT2D eigenvalue weighted by atomic mass is 35.5. The fourth-order valence-electron chi connectivity index (χ4n) is 2.40. The topological polar surface area (TPSA) is 17.8 Å². The SMILES string of the molecule is CC1CCCC(n2cc(C(C)Cl)cn2)C1. The van der Waals surface area contributed by atoms with Crippen LogP contribution in [0.25, 0.3) is 0 Å². The van der Waals surface area contributed by atoms with Crippen molar-refractivity contribution in [3.8, 4) is 0 Å². The van der Waals surface area contributed by atoms with Crippen LogP contribution in [0.3, 0.4) is 0 Å². The molecular weight excluding hydrogens is 208 g/mol. The lowest BCUT2D eigenvalue weighted by molar-refractivity contribution is 0.266. The molecule has 1 fully saturated rings. The highest BCUT2D eigenvalue weighted by molar-refractivity contribution is 6.20. The standard InChI is InChI=1S/C12H19ClN2/c1-9-4-3-5-12(6-9)15-8-11(7-14-15)10(2)13/h7-10,12H,3-6H2,1-2H3. The van der Waals surface area contributed by atoms with E-state index in [1.807, 2.05) is 13.1 Å². The van der Waals surface area contributed by atoms with Gasteiger partial charge < -0.3 is 0 Å². The van der Waals surface area contributed by atoms with E-state index in [1.54, 1.807) is 0 Å². The second kappa shape index (κ2) is 4.56. The maximum atomic E-state index is 6.03. The summed E-state index contributed by atoms with van der Waals surface area (Å²) < 4.78 is 2.11. The Morgan fingerprint density at radius 2 is 2.33 bits per heavy atom. The first-order chi connectivity index (χ1) is 7.16. The minimum Gasteiger partial charge on any atom is -0.269 e. The summed E-state index contributed by atoms with van der Waals surface area (Å²) in [6, 6.07) is 0.595. The third-order valence-corrected chi connectivity index (χ3v) is 3.62. The number of halogens is 1. The highest BCUT2D eigenvalue weighted by Crippen LogP contribution is 2.32. The molecule has 3 heteroatoms. The van der Waals surface area contributed by atoms with Crippen molar-refractivity contribution in [3.63, 3.8) is 0 Å². The molecule has 0 amide bonds. The van der Waals surface area contributed by atoms with E-state index in [9.17, 15) is 0 Å². The molecule has 2 nitrogen and oxygen atoms in total. The summed E-state index contributed by atoms with van der Waals surface area (Å²) in [5.41, 5.74) is 1.13. The predicted octanol–water partition coefficient (Wildman–Crippen LogP) is 3.93. The van der Waals surface area contributed by atoms with Crippen LogP contribution in [0, 0.1) is 5.92 Å². The third-order valence-electron chi connectivity index (χ3n) is 3.36. The van der Waals surface area contributed by atoms with E-state index in [2.05, 4.69) is 22.9 Å². The molecule has 3 atom stereocenters. The quantitative estimate of drug-likeness (QED) is 0.699.